The number of Topliss-reactive ketones (excluding diaryl/α,β-unsaturated/α-hetero) is 1. The van der Waals surface area contributed by atoms with E-state index in [1.165, 1.54) is 6.07 Å². The molecule has 3 N–H and O–H groups in total. The van der Waals surface area contributed by atoms with Gasteiger partial charge in [0, 0.05) is 49.4 Å². The van der Waals surface area contributed by atoms with Crippen molar-refractivity contribution in [2.75, 3.05) is 41.1 Å². The summed E-state index contributed by atoms with van der Waals surface area (Å²) < 4.78 is 28.3. The summed E-state index contributed by atoms with van der Waals surface area (Å²) in [6.45, 7) is 2.86. The highest BCUT2D eigenvalue weighted by Gasteiger charge is 2.35. The van der Waals surface area contributed by atoms with Gasteiger partial charge in [0.05, 0.1) is 26.4 Å². The number of nitrogens with one attached hydrogen (secondary N) is 1. The molecule has 0 saturated heterocycles. The predicted octanol–water partition coefficient (Wildman–Crippen LogP) is 6.19. The lowest BCUT2D eigenvalue weighted by atomic mass is 9.84. The molecule has 12 nitrogen and oxygen atoms in total. The molecule has 3 aliphatic rings. The van der Waals surface area contributed by atoms with Gasteiger partial charge in [-0.15, -0.1) is 0 Å². The van der Waals surface area contributed by atoms with E-state index >= 15 is 0 Å². The van der Waals surface area contributed by atoms with Crippen LogP contribution in [0.15, 0.2) is 42.5 Å². The third-order valence-electron chi connectivity index (χ3n) is 10.3. The minimum Gasteiger partial charge on any atom is -0.507 e. The summed E-state index contributed by atoms with van der Waals surface area (Å²) in [4.78, 5) is 42.1. The van der Waals surface area contributed by atoms with E-state index in [9.17, 15) is 24.6 Å². The molecule has 0 radical (unpaired) electrons. The molecule has 3 atom stereocenters. The molecule has 3 aromatic carbocycles. The van der Waals surface area contributed by atoms with E-state index in [0.29, 0.717) is 67.1 Å². The van der Waals surface area contributed by atoms with E-state index in [4.69, 9.17) is 23.7 Å². The van der Waals surface area contributed by atoms with Crippen LogP contribution in [0.3, 0.4) is 0 Å². The molecule has 0 fully saturated rings. The van der Waals surface area contributed by atoms with Gasteiger partial charge in [-0.3, -0.25) is 14.5 Å². The number of fused-ring (bicyclic) bond motifs is 3. The van der Waals surface area contributed by atoms with E-state index in [2.05, 4.69) is 10.2 Å². The fourth-order valence-corrected chi connectivity index (χ4v) is 7.49. The third kappa shape index (κ3) is 8.22. The Morgan fingerprint density at radius 3 is 2.57 bits per heavy atom. The number of likely N-dealkylation sites (N-methyl/N-ethyl adjacent to an activating group) is 1. The molecule has 6 rings (SSSR count). The van der Waals surface area contributed by atoms with Crippen LogP contribution in [-0.2, 0) is 20.7 Å². The number of hydrogen-bond acceptors (Lipinski definition) is 11. The molecule has 282 valence electrons. The van der Waals surface area contributed by atoms with E-state index < -0.39 is 23.7 Å². The number of methoxy groups -OCH3 is 2. The largest absolute Gasteiger partial charge is 0.507 e. The molecule has 0 aliphatic carbocycles. The average Bonchev–Trinajstić information content (AvgIpc) is 3.61. The quantitative estimate of drug-likeness (QED) is 0.228. The van der Waals surface area contributed by atoms with Crippen LogP contribution < -0.4 is 24.3 Å². The van der Waals surface area contributed by atoms with Gasteiger partial charge in [-0.05, 0) is 87.0 Å². The fraction of sp³-hybridized carbons (Fsp3) is 0.439. The zero-order chi connectivity index (χ0) is 37.6. The van der Waals surface area contributed by atoms with Crippen LogP contribution in [0.25, 0.3) is 6.08 Å². The SMILES string of the molecule is COc1ccc(C(CC(=O)NCC2c3c(cc4c(c3OC)OCO4)CCN2C)c2c(O)cc3c(c2O)C(=O)O[C@@H](C)CCCC(=O)CCCC=C3)cc1. The van der Waals surface area contributed by atoms with Crippen molar-refractivity contribution >= 4 is 23.7 Å². The second-order valence-electron chi connectivity index (χ2n) is 13.9. The Morgan fingerprint density at radius 1 is 1.04 bits per heavy atom. The van der Waals surface area contributed by atoms with Crippen molar-refractivity contribution in [2.24, 2.45) is 0 Å². The van der Waals surface area contributed by atoms with Crippen LogP contribution in [0.5, 0.6) is 34.5 Å². The summed E-state index contributed by atoms with van der Waals surface area (Å²) in [5.74, 6) is -0.165. The summed E-state index contributed by atoms with van der Waals surface area (Å²) in [6, 6.07) is 10.2. The highest BCUT2D eigenvalue weighted by molar-refractivity contribution is 5.98. The first kappa shape index (κ1) is 37.5. The fourth-order valence-electron chi connectivity index (χ4n) is 7.49. The Hall–Kier alpha value is -5.23. The van der Waals surface area contributed by atoms with Gasteiger partial charge < -0.3 is 39.2 Å². The van der Waals surface area contributed by atoms with E-state index in [0.717, 1.165) is 24.1 Å². The molecular formula is C41H48N2O10. The highest BCUT2D eigenvalue weighted by Crippen LogP contribution is 2.49. The zero-order valence-corrected chi connectivity index (χ0v) is 30.7. The van der Waals surface area contributed by atoms with Crippen LogP contribution >= 0.6 is 0 Å². The number of benzene rings is 3. The first-order chi connectivity index (χ1) is 25.6. The number of carbonyl (C=O) groups is 3. The Bertz CT molecular complexity index is 1870. The van der Waals surface area contributed by atoms with E-state index in [1.54, 1.807) is 51.5 Å². The summed E-state index contributed by atoms with van der Waals surface area (Å²) in [5.41, 5.74) is 2.80. The standard InChI is InChI=1S/C41H48N2O10/c1-24-9-8-12-28(44)11-7-5-6-10-26-19-32(45)37(38(47)36(26)41(48)53-24)30(25-13-15-29(49-3)16-14-25)21-34(46)42-22-31-35-27(17-18-43(31)2)20-33-39(40(35)50-4)52-23-51-33/h6,10,13-16,19-20,24,30-31,45,47H,5,7-9,11-12,17-18,21-23H2,1-4H3,(H,42,46)/t24-,30?,31?/m0/s1. The Kier molecular flexibility index (Phi) is 11.8. The lowest BCUT2D eigenvalue weighted by molar-refractivity contribution is -0.121. The molecule has 0 spiro atoms. The highest BCUT2D eigenvalue weighted by atomic mass is 16.7. The van der Waals surface area contributed by atoms with Gasteiger partial charge in [-0.1, -0.05) is 24.3 Å². The van der Waals surface area contributed by atoms with Crippen molar-refractivity contribution in [3.63, 3.8) is 0 Å². The van der Waals surface area contributed by atoms with Crippen molar-refractivity contribution in [1.29, 1.82) is 0 Å². The second kappa shape index (κ2) is 16.6. The van der Waals surface area contributed by atoms with E-state index in [1.807, 2.05) is 19.2 Å². The van der Waals surface area contributed by atoms with Crippen LogP contribution in [-0.4, -0.2) is 80.0 Å². The minimum atomic E-state index is -0.862. The van der Waals surface area contributed by atoms with Crippen LogP contribution in [0.4, 0.5) is 0 Å². The number of cyclic esters (lactones) is 1. The van der Waals surface area contributed by atoms with Crippen molar-refractivity contribution in [2.45, 2.75) is 76.4 Å². The number of phenols is 2. The van der Waals surface area contributed by atoms with Gasteiger partial charge in [0.15, 0.2) is 11.5 Å². The van der Waals surface area contributed by atoms with E-state index in [-0.39, 0.29) is 59.9 Å². The third-order valence-corrected chi connectivity index (χ3v) is 10.3. The molecule has 1 amide bonds. The second-order valence-corrected chi connectivity index (χ2v) is 13.9. The molecule has 53 heavy (non-hydrogen) atoms. The lowest BCUT2D eigenvalue weighted by Gasteiger charge is -2.36. The Labute approximate surface area is 309 Å². The summed E-state index contributed by atoms with van der Waals surface area (Å²) in [6.07, 6.45) is 6.71. The molecule has 2 unspecified atom stereocenters. The van der Waals surface area contributed by atoms with Crippen LogP contribution in [0.1, 0.15) is 102 Å². The number of phenolic OH excluding ortho intramolecular Hbond substituents is 2. The van der Waals surface area contributed by atoms with Crippen molar-refractivity contribution < 1.29 is 48.3 Å². The van der Waals surface area contributed by atoms with Crippen LogP contribution in [0.2, 0.25) is 0 Å². The van der Waals surface area contributed by atoms with Gasteiger partial charge >= 0.3 is 5.97 Å². The number of allylic oxidation sites excluding steroid dienone is 1. The van der Waals surface area contributed by atoms with Gasteiger partial charge in [-0.25, -0.2) is 4.79 Å². The Balaban J connectivity index is 1.33. The number of hydrogen-bond donors (Lipinski definition) is 3. The number of aromatic hydroxyl groups is 2. The monoisotopic (exact) mass is 728 g/mol. The molecule has 0 saturated carbocycles. The molecule has 3 aromatic rings. The Morgan fingerprint density at radius 2 is 1.81 bits per heavy atom. The molecule has 0 aromatic heterocycles. The van der Waals surface area contributed by atoms with Crippen LogP contribution in [0, 0.1) is 0 Å². The lowest BCUT2D eigenvalue weighted by Crippen LogP contribution is -2.40. The number of rotatable bonds is 8. The number of amides is 1. The van der Waals surface area contributed by atoms with Gasteiger partial charge in [0.25, 0.3) is 0 Å². The average molecular weight is 729 g/mol. The maximum Gasteiger partial charge on any atom is 0.342 e. The van der Waals surface area contributed by atoms with Gasteiger partial charge in [0.2, 0.25) is 18.4 Å². The number of ketones is 1. The minimum absolute atomic E-state index is 0.0308. The number of nitrogens with zero attached hydrogens (tertiary/aromatic N) is 1. The molecular weight excluding hydrogens is 680 g/mol. The van der Waals surface area contributed by atoms with Gasteiger partial charge in [0.1, 0.15) is 28.6 Å². The summed E-state index contributed by atoms with van der Waals surface area (Å²) >= 11 is 0. The molecule has 0 bridgehead atoms. The molecule has 12 heteroatoms. The topological polar surface area (TPSA) is 153 Å². The smallest absolute Gasteiger partial charge is 0.342 e. The molecule has 3 aliphatic heterocycles. The molecule has 3 heterocycles. The van der Waals surface area contributed by atoms with Crippen molar-refractivity contribution in [3.05, 3.63) is 75.9 Å². The number of ether oxygens (including phenoxy) is 5. The normalized spacial score (nSPS) is 19.7. The number of esters is 1. The summed E-state index contributed by atoms with van der Waals surface area (Å²) in [5, 5.41) is 26.6. The van der Waals surface area contributed by atoms with Crippen molar-refractivity contribution in [1.82, 2.24) is 10.2 Å². The summed E-state index contributed by atoms with van der Waals surface area (Å²) in [7, 11) is 5.13. The maximum absolute atomic E-state index is 14.0. The zero-order valence-electron chi connectivity index (χ0n) is 30.7. The van der Waals surface area contributed by atoms with Crippen molar-refractivity contribution in [3.8, 4) is 34.5 Å². The predicted molar refractivity (Wildman–Crippen MR) is 197 cm³/mol. The first-order valence-corrected chi connectivity index (χ1v) is 18.2. The first-order valence-electron chi connectivity index (χ1n) is 18.2. The maximum atomic E-state index is 14.0. The number of carbonyl (C=O) groups excluding carboxylic acids is 3. The van der Waals surface area contributed by atoms with Gasteiger partial charge in [-0.2, -0.15) is 0 Å².